The van der Waals surface area contributed by atoms with Crippen molar-refractivity contribution >= 4 is 35.1 Å². The molecular formula is C32H32N4O2S2. The van der Waals surface area contributed by atoms with E-state index in [0.717, 1.165) is 59.4 Å². The monoisotopic (exact) mass is 568 g/mol. The lowest BCUT2D eigenvalue weighted by Crippen LogP contribution is -2.14. The smallest absolute Gasteiger partial charge is 0.188 e. The quantitative estimate of drug-likeness (QED) is 0.161. The number of ketones is 1. The third-order valence-electron chi connectivity index (χ3n) is 6.50. The van der Waals surface area contributed by atoms with Crippen molar-refractivity contribution in [2.75, 3.05) is 6.61 Å². The first kappa shape index (κ1) is 28.1. The van der Waals surface area contributed by atoms with Crippen LogP contribution < -0.4 is 0 Å². The predicted molar refractivity (Wildman–Crippen MR) is 161 cm³/mol. The number of nitrogens with zero attached hydrogens (tertiary/aromatic N) is 4. The van der Waals surface area contributed by atoms with Gasteiger partial charge in [-0.3, -0.25) is 4.79 Å². The number of ether oxygens (including phenoxy) is 1. The Kier molecular flexibility index (Phi) is 9.98. The molecule has 0 saturated heterocycles. The predicted octanol–water partition coefficient (Wildman–Crippen LogP) is 7.38. The molecule has 204 valence electrons. The average Bonchev–Trinajstić information content (AvgIpc) is 3.01. The minimum atomic E-state index is 0.158. The molecule has 0 N–H and O–H groups in total. The molecule has 2 aromatic carbocycles. The van der Waals surface area contributed by atoms with Gasteiger partial charge in [-0.2, -0.15) is 0 Å². The fourth-order valence-electron chi connectivity index (χ4n) is 4.48. The molecule has 6 nitrogen and oxygen atoms in total. The number of thioether (sulfide) groups is 2. The summed E-state index contributed by atoms with van der Waals surface area (Å²) in [4.78, 5) is 29.7. The minimum absolute atomic E-state index is 0.158. The van der Waals surface area contributed by atoms with E-state index in [9.17, 15) is 4.79 Å². The average molecular weight is 569 g/mol. The van der Waals surface area contributed by atoms with Crippen LogP contribution >= 0.6 is 23.5 Å². The SMILES string of the molecule is CCOC1=CCCc2cnc(SCc3ccccc3)nc21.O=C1CCCc2cnc(SCc3ccccc3)nc21. The fourth-order valence-corrected chi connectivity index (χ4v) is 6.02. The van der Waals surface area contributed by atoms with E-state index in [1.807, 2.05) is 43.6 Å². The van der Waals surface area contributed by atoms with Gasteiger partial charge in [-0.05, 0) is 55.4 Å². The van der Waals surface area contributed by atoms with E-state index in [-0.39, 0.29) is 5.78 Å². The van der Waals surface area contributed by atoms with Crippen molar-refractivity contribution < 1.29 is 9.53 Å². The highest BCUT2D eigenvalue weighted by Gasteiger charge is 2.20. The minimum Gasteiger partial charge on any atom is -0.492 e. The van der Waals surface area contributed by atoms with Crippen molar-refractivity contribution in [3.05, 3.63) is 113 Å². The lowest BCUT2D eigenvalue weighted by Gasteiger charge is -2.17. The summed E-state index contributed by atoms with van der Waals surface area (Å²) in [6, 6.07) is 20.6. The second kappa shape index (κ2) is 14.2. The van der Waals surface area contributed by atoms with Gasteiger partial charge >= 0.3 is 0 Å². The highest BCUT2D eigenvalue weighted by Crippen LogP contribution is 2.28. The Morgan fingerprint density at radius 3 is 1.93 bits per heavy atom. The largest absolute Gasteiger partial charge is 0.492 e. The van der Waals surface area contributed by atoms with Crippen LogP contribution in [0.3, 0.4) is 0 Å². The number of hydrogen-bond acceptors (Lipinski definition) is 8. The Morgan fingerprint density at radius 1 is 0.750 bits per heavy atom. The zero-order valence-electron chi connectivity index (χ0n) is 22.6. The summed E-state index contributed by atoms with van der Waals surface area (Å²) in [7, 11) is 0. The molecule has 2 heterocycles. The van der Waals surface area contributed by atoms with Crippen LogP contribution in [0, 0.1) is 0 Å². The molecule has 6 rings (SSSR count). The molecule has 2 aliphatic carbocycles. The van der Waals surface area contributed by atoms with Crippen molar-refractivity contribution in [1.29, 1.82) is 0 Å². The van der Waals surface area contributed by atoms with Gasteiger partial charge < -0.3 is 4.74 Å². The molecule has 0 unspecified atom stereocenters. The number of rotatable bonds is 8. The lowest BCUT2D eigenvalue weighted by molar-refractivity contribution is 0.0966. The van der Waals surface area contributed by atoms with E-state index in [1.165, 1.54) is 16.7 Å². The summed E-state index contributed by atoms with van der Waals surface area (Å²) in [6.07, 6.45) is 10.3. The van der Waals surface area contributed by atoms with Crippen molar-refractivity contribution in [3.63, 3.8) is 0 Å². The van der Waals surface area contributed by atoms with Crippen LogP contribution in [0.5, 0.6) is 0 Å². The summed E-state index contributed by atoms with van der Waals surface area (Å²) in [6.45, 7) is 2.67. The number of aryl methyl sites for hydroxylation is 2. The van der Waals surface area contributed by atoms with E-state index in [0.29, 0.717) is 23.9 Å². The summed E-state index contributed by atoms with van der Waals surface area (Å²) in [5, 5.41) is 1.50. The normalized spacial score (nSPS) is 13.8. The molecule has 8 heteroatoms. The Labute approximate surface area is 244 Å². The van der Waals surface area contributed by atoms with Crippen LogP contribution in [0.4, 0.5) is 0 Å². The molecule has 0 bridgehead atoms. The summed E-state index contributed by atoms with van der Waals surface area (Å²) < 4.78 is 5.69. The summed E-state index contributed by atoms with van der Waals surface area (Å²) >= 11 is 3.24. The van der Waals surface area contributed by atoms with Crippen molar-refractivity contribution in [3.8, 4) is 0 Å². The third kappa shape index (κ3) is 7.58. The van der Waals surface area contributed by atoms with Crippen molar-refractivity contribution in [2.24, 2.45) is 0 Å². The summed E-state index contributed by atoms with van der Waals surface area (Å²) in [5.41, 5.74) is 6.31. The Hall–Kier alpha value is -3.49. The van der Waals surface area contributed by atoms with Crippen LogP contribution in [0.1, 0.15) is 64.6 Å². The number of allylic oxidation sites excluding steroid dienone is 1. The van der Waals surface area contributed by atoms with Crippen molar-refractivity contribution in [1.82, 2.24) is 19.9 Å². The Bertz CT molecular complexity index is 1460. The van der Waals surface area contributed by atoms with Crippen LogP contribution in [0.25, 0.3) is 5.76 Å². The highest BCUT2D eigenvalue weighted by atomic mass is 32.2. The number of carbonyl (C=O) groups is 1. The molecule has 40 heavy (non-hydrogen) atoms. The second-order valence-corrected chi connectivity index (χ2v) is 11.3. The molecule has 0 fully saturated rings. The van der Waals surface area contributed by atoms with Gasteiger partial charge in [0.25, 0.3) is 0 Å². The van der Waals surface area contributed by atoms with Gasteiger partial charge in [-0.1, -0.05) is 84.2 Å². The maximum atomic E-state index is 11.8. The first-order valence-corrected chi connectivity index (χ1v) is 15.6. The number of Topliss-reactive ketones (excluding diaryl/α,β-unsaturated/α-hetero) is 1. The van der Waals surface area contributed by atoms with E-state index in [1.54, 1.807) is 23.5 Å². The molecule has 2 aliphatic rings. The zero-order chi connectivity index (χ0) is 27.6. The van der Waals surface area contributed by atoms with Gasteiger partial charge in [0.2, 0.25) is 0 Å². The molecule has 0 atom stereocenters. The van der Waals surface area contributed by atoms with Crippen LogP contribution in [-0.2, 0) is 29.1 Å². The highest BCUT2D eigenvalue weighted by molar-refractivity contribution is 7.98. The first-order chi connectivity index (χ1) is 19.7. The second-order valence-electron chi connectivity index (χ2n) is 9.42. The number of fused-ring (bicyclic) bond motifs is 2. The number of carbonyl (C=O) groups excluding carboxylic acids is 1. The van der Waals surface area contributed by atoms with E-state index in [4.69, 9.17) is 4.74 Å². The molecular weight excluding hydrogens is 537 g/mol. The number of hydrogen-bond donors (Lipinski definition) is 0. The maximum absolute atomic E-state index is 11.8. The van der Waals surface area contributed by atoms with Gasteiger partial charge in [0.1, 0.15) is 17.1 Å². The molecule has 0 spiro atoms. The van der Waals surface area contributed by atoms with Gasteiger partial charge in [0, 0.05) is 35.9 Å². The van der Waals surface area contributed by atoms with Gasteiger partial charge in [-0.15, -0.1) is 0 Å². The first-order valence-electron chi connectivity index (χ1n) is 13.6. The van der Waals surface area contributed by atoms with Crippen LogP contribution in [-0.4, -0.2) is 32.3 Å². The van der Waals surface area contributed by atoms with E-state index >= 15 is 0 Å². The molecule has 0 aliphatic heterocycles. The lowest BCUT2D eigenvalue weighted by atomic mass is 9.96. The molecule has 0 radical (unpaired) electrons. The van der Waals surface area contributed by atoms with Crippen LogP contribution in [0.15, 0.2) is 89.4 Å². The Morgan fingerprint density at radius 2 is 1.32 bits per heavy atom. The van der Waals surface area contributed by atoms with E-state index in [2.05, 4.69) is 62.4 Å². The van der Waals surface area contributed by atoms with Crippen molar-refractivity contribution in [2.45, 2.75) is 60.8 Å². The van der Waals surface area contributed by atoms with E-state index < -0.39 is 0 Å². The standard InChI is InChI=1S/C17H18N2OS.C15H14N2OS/c1-2-20-15-10-6-9-14-11-18-17(19-16(14)15)21-12-13-7-4-3-5-8-13;18-13-8-4-7-12-9-16-15(17-14(12)13)19-10-11-5-2-1-3-6-11/h3-5,7-8,10-11H,2,6,9,12H2,1H3;1-3,5-6,9H,4,7-8,10H2. The number of benzene rings is 2. The van der Waals surface area contributed by atoms with Gasteiger partial charge in [-0.25, -0.2) is 19.9 Å². The maximum Gasteiger partial charge on any atom is 0.188 e. The molecule has 2 aromatic heterocycles. The molecule has 0 saturated carbocycles. The Balaban J connectivity index is 0.000000162. The van der Waals surface area contributed by atoms with Crippen LogP contribution in [0.2, 0.25) is 0 Å². The fraction of sp³-hybridized carbons (Fsp3) is 0.281. The zero-order valence-corrected chi connectivity index (χ0v) is 24.2. The van der Waals surface area contributed by atoms with Gasteiger partial charge in [0.05, 0.1) is 6.61 Å². The van der Waals surface area contributed by atoms with Gasteiger partial charge in [0.15, 0.2) is 16.1 Å². The molecule has 4 aromatic rings. The number of aromatic nitrogens is 4. The summed E-state index contributed by atoms with van der Waals surface area (Å²) in [5.74, 6) is 2.77. The molecule has 0 amide bonds. The third-order valence-corrected chi connectivity index (χ3v) is 8.36. The topological polar surface area (TPSA) is 77.9 Å².